The number of nitrogens with zero attached hydrogens (tertiary/aromatic N) is 2. The van der Waals surface area contributed by atoms with Crippen molar-refractivity contribution in [3.8, 4) is 0 Å². The molecule has 9 heteroatoms. The third-order valence-electron chi connectivity index (χ3n) is 4.05. The van der Waals surface area contributed by atoms with Gasteiger partial charge in [-0.15, -0.1) is 0 Å². The van der Waals surface area contributed by atoms with Gasteiger partial charge in [0.05, 0.1) is 23.2 Å². The number of aromatic nitrogens is 2. The van der Waals surface area contributed by atoms with Crippen LogP contribution in [0.5, 0.6) is 0 Å². The van der Waals surface area contributed by atoms with E-state index in [-0.39, 0.29) is 23.1 Å². The molecule has 1 aromatic heterocycles. The molecule has 0 aliphatic rings. The summed E-state index contributed by atoms with van der Waals surface area (Å²) in [6.07, 6.45) is -9.86. The van der Waals surface area contributed by atoms with E-state index in [9.17, 15) is 31.1 Å². The Kier molecular flexibility index (Phi) is 4.49. The first-order valence-corrected chi connectivity index (χ1v) is 7.72. The lowest BCUT2D eigenvalue weighted by Gasteiger charge is -2.16. The fraction of sp³-hybridized carbons (Fsp3) is 0.222. The van der Waals surface area contributed by atoms with Crippen molar-refractivity contribution in [1.29, 1.82) is 0 Å². The lowest BCUT2D eigenvalue weighted by Crippen LogP contribution is -2.15. The maximum absolute atomic E-state index is 13.3. The van der Waals surface area contributed by atoms with E-state index in [1.165, 1.54) is 11.6 Å². The maximum Gasteiger partial charge on any atom is 0.416 e. The first-order valence-electron chi connectivity index (χ1n) is 7.72. The standard InChI is InChI=1S/C18H12F6N2O/c1-10(27)16-13-4-2-3-5-15(13)26(25-16)9-11-6-7-12(17(19,20)21)8-14(11)18(22,23)24/h2-8H,9H2,1H3. The van der Waals surface area contributed by atoms with Gasteiger partial charge in [-0.2, -0.15) is 31.4 Å². The molecule has 0 radical (unpaired) electrons. The summed E-state index contributed by atoms with van der Waals surface area (Å²) in [5.41, 5.74) is -2.64. The van der Waals surface area contributed by atoms with E-state index in [0.717, 1.165) is 6.07 Å². The molecule has 0 aliphatic carbocycles. The summed E-state index contributed by atoms with van der Waals surface area (Å²) < 4.78 is 79.5. The Morgan fingerprint density at radius 2 is 1.67 bits per heavy atom. The highest BCUT2D eigenvalue weighted by molar-refractivity contribution is 6.04. The zero-order valence-electron chi connectivity index (χ0n) is 13.8. The molecule has 3 rings (SSSR count). The molecule has 142 valence electrons. The third-order valence-corrected chi connectivity index (χ3v) is 4.05. The average molecular weight is 386 g/mol. The summed E-state index contributed by atoms with van der Waals surface area (Å²) in [7, 11) is 0. The van der Waals surface area contributed by atoms with Gasteiger partial charge in [0.25, 0.3) is 0 Å². The molecule has 0 atom stereocenters. The number of ketones is 1. The molecule has 0 saturated carbocycles. The van der Waals surface area contributed by atoms with Crippen molar-refractivity contribution in [2.45, 2.75) is 25.8 Å². The zero-order chi connectivity index (χ0) is 20.0. The molecule has 0 unspecified atom stereocenters. The van der Waals surface area contributed by atoms with Crippen LogP contribution in [0.4, 0.5) is 26.3 Å². The topological polar surface area (TPSA) is 34.9 Å². The summed E-state index contributed by atoms with van der Waals surface area (Å²) in [4.78, 5) is 11.7. The Labute approximate surface area is 149 Å². The van der Waals surface area contributed by atoms with Crippen LogP contribution >= 0.6 is 0 Å². The summed E-state index contributed by atoms with van der Waals surface area (Å²) in [6.45, 7) is 0.846. The third kappa shape index (κ3) is 3.67. The monoisotopic (exact) mass is 386 g/mol. The minimum absolute atomic E-state index is 0.0890. The van der Waals surface area contributed by atoms with Crippen LogP contribution in [0.1, 0.15) is 34.1 Å². The maximum atomic E-state index is 13.3. The first-order chi connectivity index (χ1) is 12.5. The Bertz CT molecular complexity index is 1020. The van der Waals surface area contributed by atoms with Gasteiger partial charge in [-0.05, 0) is 23.8 Å². The molecule has 0 N–H and O–H groups in total. The van der Waals surface area contributed by atoms with Crippen LogP contribution in [0.2, 0.25) is 0 Å². The van der Waals surface area contributed by atoms with Gasteiger partial charge in [-0.1, -0.05) is 24.3 Å². The van der Waals surface area contributed by atoms with Crippen LogP contribution < -0.4 is 0 Å². The molecular weight excluding hydrogens is 374 g/mol. The van der Waals surface area contributed by atoms with E-state index < -0.39 is 30.0 Å². The average Bonchev–Trinajstić information content (AvgIpc) is 2.92. The highest BCUT2D eigenvalue weighted by Gasteiger charge is 2.38. The van der Waals surface area contributed by atoms with Crippen molar-refractivity contribution in [3.63, 3.8) is 0 Å². The number of benzene rings is 2. The largest absolute Gasteiger partial charge is 0.416 e. The minimum Gasteiger partial charge on any atom is -0.293 e. The van der Waals surface area contributed by atoms with Gasteiger partial charge in [-0.25, -0.2) is 0 Å². The van der Waals surface area contributed by atoms with E-state index in [4.69, 9.17) is 0 Å². The van der Waals surface area contributed by atoms with Gasteiger partial charge in [0, 0.05) is 12.3 Å². The van der Waals surface area contributed by atoms with Gasteiger partial charge in [0.1, 0.15) is 5.69 Å². The predicted octanol–water partition coefficient (Wildman–Crippen LogP) is 5.32. The van der Waals surface area contributed by atoms with Crippen molar-refractivity contribution in [3.05, 3.63) is 64.8 Å². The lowest BCUT2D eigenvalue weighted by atomic mass is 10.0. The molecule has 0 saturated heterocycles. The van der Waals surface area contributed by atoms with Gasteiger partial charge in [-0.3, -0.25) is 9.48 Å². The van der Waals surface area contributed by atoms with Crippen LogP contribution in [0.3, 0.4) is 0 Å². The van der Waals surface area contributed by atoms with E-state index >= 15 is 0 Å². The number of rotatable bonds is 3. The molecule has 2 aromatic carbocycles. The fourth-order valence-electron chi connectivity index (χ4n) is 2.82. The number of halogens is 6. The molecule has 3 aromatic rings. The van der Waals surface area contributed by atoms with E-state index in [2.05, 4.69) is 5.10 Å². The quantitative estimate of drug-likeness (QED) is 0.451. The minimum atomic E-state index is -4.97. The number of hydrogen-bond donors (Lipinski definition) is 0. The highest BCUT2D eigenvalue weighted by Crippen LogP contribution is 2.37. The first kappa shape index (κ1) is 18.9. The van der Waals surface area contributed by atoms with Gasteiger partial charge in [0.15, 0.2) is 5.78 Å². The van der Waals surface area contributed by atoms with E-state index in [1.54, 1.807) is 24.3 Å². The molecule has 0 bridgehead atoms. The van der Waals surface area contributed by atoms with Gasteiger partial charge < -0.3 is 0 Å². The molecule has 0 fully saturated rings. The molecule has 27 heavy (non-hydrogen) atoms. The number of Topliss-reactive ketones (excluding diaryl/α,β-unsaturated/α-hetero) is 1. The second kappa shape index (κ2) is 6.40. The predicted molar refractivity (Wildman–Crippen MR) is 85.3 cm³/mol. The Morgan fingerprint density at radius 3 is 2.26 bits per heavy atom. The second-order valence-corrected chi connectivity index (χ2v) is 5.95. The van der Waals surface area contributed by atoms with Crippen LogP contribution in [-0.4, -0.2) is 15.6 Å². The lowest BCUT2D eigenvalue weighted by molar-refractivity contribution is -0.143. The number of para-hydroxylation sites is 1. The second-order valence-electron chi connectivity index (χ2n) is 5.95. The summed E-state index contributed by atoms with van der Waals surface area (Å²) in [5, 5.41) is 4.52. The number of fused-ring (bicyclic) bond motifs is 1. The van der Waals surface area contributed by atoms with Crippen LogP contribution in [0, 0.1) is 0 Å². The van der Waals surface area contributed by atoms with Crippen LogP contribution in [0.15, 0.2) is 42.5 Å². The summed E-state index contributed by atoms with van der Waals surface area (Å²) in [6, 6.07) is 7.94. The van der Waals surface area contributed by atoms with Crippen LogP contribution in [-0.2, 0) is 18.9 Å². The Hall–Kier alpha value is -2.84. The number of hydrogen-bond acceptors (Lipinski definition) is 2. The number of carbonyl (C=O) groups excluding carboxylic acids is 1. The summed E-state index contributed by atoms with van der Waals surface area (Å²) in [5.74, 6) is -0.367. The molecule has 0 aliphatic heterocycles. The van der Waals surface area contributed by atoms with Crippen molar-refractivity contribution in [2.24, 2.45) is 0 Å². The van der Waals surface area contributed by atoms with Crippen molar-refractivity contribution in [2.75, 3.05) is 0 Å². The highest BCUT2D eigenvalue weighted by atomic mass is 19.4. The molecule has 3 nitrogen and oxygen atoms in total. The zero-order valence-corrected chi connectivity index (χ0v) is 13.8. The Morgan fingerprint density at radius 1 is 1.00 bits per heavy atom. The SMILES string of the molecule is CC(=O)c1nn(Cc2ccc(C(F)(F)F)cc2C(F)(F)F)c2ccccc12. The molecule has 1 heterocycles. The van der Waals surface area contributed by atoms with Gasteiger partial charge in [0.2, 0.25) is 0 Å². The smallest absolute Gasteiger partial charge is 0.293 e. The Balaban J connectivity index is 2.14. The van der Waals surface area contributed by atoms with Crippen molar-refractivity contribution in [1.82, 2.24) is 9.78 Å². The van der Waals surface area contributed by atoms with Crippen molar-refractivity contribution < 1.29 is 31.1 Å². The van der Waals surface area contributed by atoms with Crippen molar-refractivity contribution >= 4 is 16.7 Å². The molecule has 0 amide bonds. The van der Waals surface area contributed by atoms with Crippen LogP contribution in [0.25, 0.3) is 10.9 Å². The normalized spacial score (nSPS) is 12.6. The summed E-state index contributed by atoms with van der Waals surface area (Å²) >= 11 is 0. The number of carbonyl (C=O) groups is 1. The molecule has 0 spiro atoms. The van der Waals surface area contributed by atoms with E-state index in [1.807, 2.05) is 0 Å². The number of alkyl halides is 6. The molecular formula is C18H12F6N2O. The fourth-order valence-corrected chi connectivity index (χ4v) is 2.82. The van der Waals surface area contributed by atoms with E-state index in [0.29, 0.717) is 17.0 Å². The van der Waals surface area contributed by atoms with Gasteiger partial charge >= 0.3 is 12.4 Å².